The third-order valence-electron chi connectivity index (χ3n) is 2.86. The fourth-order valence-corrected chi connectivity index (χ4v) is 1.72. The van der Waals surface area contributed by atoms with E-state index in [0.717, 1.165) is 5.56 Å². The molecule has 0 radical (unpaired) electrons. The fourth-order valence-electron chi connectivity index (χ4n) is 1.72. The summed E-state index contributed by atoms with van der Waals surface area (Å²) in [5.41, 5.74) is 1.44. The van der Waals surface area contributed by atoms with Crippen molar-refractivity contribution in [3.8, 4) is 0 Å². The molecule has 0 spiro atoms. The minimum Gasteiger partial charge on any atom is -0.481 e. The number of benzene rings is 1. The second kappa shape index (κ2) is 9.38. The number of carboxylic acids is 1. The maximum Gasteiger partial charge on any atom is 0.315 e. The minimum atomic E-state index is -0.880. The van der Waals surface area contributed by atoms with Crippen LogP contribution >= 0.6 is 0 Å². The average Bonchev–Trinajstić information content (AvgIpc) is 2.50. The largest absolute Gasteiger partial charge is 0.481 e. The van der Waals surface area contributed by atoms with Crippen molar-refractivity contribution in [1.82, 2.24) is 16.0 Å². The molecule has 0 aliphatic heterocycles. The first-order valence-electron chi connectivity index (χ1n) is 7.13. The van der Waals surface area contributed by atoms with Gasteiger partial charge < -0.3 is 21.1 Å². The normalized spacial score (nSPS) is 9.86. The standard InChI is InChI=1S/C15H21N3O4/c1-2-16-14(21)12-7-5-11(6-8-12)10-18-15(22)17-9-3-4-13(19)20/h5-8H,2-4,9-10H2,1H3,(H,16,21)(H,19,20)(H2,17,18,22). The number of amides is 3. The topological polar surface area (TPSA) is 108 Å². The Hall–Kier alpha value is -2.57. The molecule has 0 aliphatic carbocycles. The van der Waals surface area contributed by atoms with Crippen molar-refractivity contribution in [1.29, 1.82) is 0 Å². The summed E-state index contributed by atoms with van der Waals surface area (Å²) < 4.78 is 0. The van der Waals surface area contributed by atoms with E-state index < -0.39 is 5.97 Å². The van der Waals surface area contributed by atoms with E-state index in [1.165, 1.54) is 0 Å². The Balaban J connectivity index is 2.31. The molecule has 22 heavy (non-hydrogen) atoms. The van der Waals surface area contributed by atoms with Gasteiger partial charge in [0.15, 0.2) is 0 Å². The Morgan fingerprint density at radius 1 is 1.05 bits per heavy atom. The minimum absolute atomic E-state index is 0.0293. The van der Waals surface area contributed by atoms with Crippen molar-refractivity contribution >= 4 is 17.9 Å². The maximum absolute atomic E-state index is 11.6. The van der Waals surface area contributed by atoms with Crippen molar-refractivity contribution in [3.05, 3.63) is 35.4 Å². The molecule has 0 saturated carbocycles. The number of rotatable bonds is 8. The van der Waals surface area contributed by atoms with Gasteiger partial charge in [0.2, 0.25) is 0 Å². The Labute approximate surface area is 129 Å². The molecule has 0 unspecified atom stereocenters. The number of nitrogens with one attached hydrogen (secondary N) is 3. The first-order valence-corrected chi connectivity index (χ1v) is 7.13. The van der Waals surface area contributed by atoms with E-state index in [0.29, 0.717) is 31.6 Å². The van der Waals surface area contributed by atoms with Crippen molar-refractivity contribution < 1.29 is 19.5 Å². The zero-order valence-corrected chi connectivity index (χ0v) is 12.5. The van der Waals surface area contributed by atoms with E-state index in [1.807, 2.05) is 6.92 Å². The first-order chi connectivity index (χ1) is 10.5. The van der Waals surface area contributed by atoms with Gasteiger partial charge in [-0.2, -0.15) is 0 Å². The Bertz CT molecular complexity index is 514. The van der Waals surface area contributed by atoms with Gasteiger partial charge >= 0.3 is 12.0 Å². The lowest BCUT2D eigenvalue weighted by Crippen LogP contribution is -2.35. The summed E-state index contributed by atoms with van der Waals surface area (Å²) in [6.07, 6.45) is 0.422. The number of carboxylic acid groups (broad SMARTS) is 1. The molecule has 0 bridgehead atoms. The Morgan fingerprint density at radius 3 is 2.32 bits per heavy atom. The van der Waals surface area contributed by atoms with Gasteiger partial charge in [-0.3, -0.25) is 9.59 Å². The lowest BCUT2D eigenvalue weighted by molar-refractivity contribution is -0.137. The smallest absolute Gasteiger partial charge is 0.315 e. The van der Waals surface area contributed by atoms with E-state index in [2.05, 4.69) is 16.0 Å². The van der Waals surface area contributed by atoms with Gasteiger partial charge in [0.1, 0.15) is 0 Å². The van der Waals surface area contributed by atoms with Crippen LogP contribution in [-0.4, -0.2) is 36.1 Å². The van der Waals surface area contributed by atoms with Crippen LogP contribution < -0.4 is 16.0 Å². The molecule has 7 heteroatoms. The molecule has 120 valence electrons. The summed E-state index contributed by atoms with van der Waals surface area (Å²) >= 11 is 0. The number of hydrogen-bond acceptors (Lipinski definition) is 3. The molecule has 1 aromatic carbocycles. The molecule has 3 amide bonds. The first kappa shape index (κ1) is 17.5. The molecule has 0 fully saturated rings. The molecular formula is C15H21N3O4. The van der Waals surface area contributed by atoms with E-state index in [9.17, 15) is 14.4 Å². The summed E-state index contributed by atoms with van der Waals surface area (Å²) in [5.74, 6) is -1.01. The second-order valence-electron chi connectivity index (χ2n) is 4.66. The van der Waals surface area contributed by atoms with Crippen molar-refractivity contribution in [2.24, 2.45) is 0 Å². The summed E-state index contributed by atoms with van der Waals surface area (Å²) in [6, 6.07) is 6.60. The SMILES string of the molecule is CCNC(=O)c1ccc(CNC(=O)NCCCC(=O)O)cc1. The van der Waals surface area contributed by atoms with Crippen LogP contribution in [0.4, 0.5) is 4.79 Å². The van der Waals surface area contributed by atoms with Crippen LogP contribution in [0.1, 0.15) is 35.7 Å². The highest BCUT2D eigenvalue weighted by Crippen LogP contribution is 2.04. The summed E-state index contributed by atoms with van der Waals surface area (Å²) in [5, 5.41) is 16.4. The van der Waals surface area contributed by atoms with Gasteiger partial charge in [-0.25, -0.2) is 4.79 Å². The summed E-state index contributed by atoms with van der Waals surface area (Å²) in [4.78, 5) is 33.4. The molecule has 1 aromatic rings. The van der Waals surface area contributed by atoms with Gasteiger partial charge in [-0.15, -0.1) is 0 Å². The number of carbonyl (C=O) groups excluding carboxylic acids is 2. The highest BCUT2D eigenvalue weighted by atomic mass is 16.4. The van der Waals surface area contributed by atoms with E-state index >= 15 is 0 Å². The Kier molecular flexibility index (Phi) is 7.45. The van der Waals surface area contributed by atoms with Crippen molar-refractivity contribution in [3.63, 3.8) is 0 Å². The molecule has 1 rings (SSSR count). The van der Waals surface area contributed by atoms with Crippen LogP contribution in [0.25, 0.3) is 0 Å². The van der Waals surface area contributed by atoms with Crippen LogP contribution in [0.2, 0.25) is 0 Å². The molecule has 7 nitrogen and oxygen atoms in total. The van der Waals surface area contributed by atoms with Gasteiger partial charge in [0.05, 0.1) is 0 Å². The summed E-state index contributed by atoms with van der Waals surface area (Å²) in [6.45, 7) is 3.07. The lowest BCUT2D eigenvalue weighted by atomic mass is 10.1. The Morgan fingerprint density at radius 2 is 1.73 bits per heavy atom. The average molecular weight is 307 g/mol. The molecule has 0 aromatic heterocycles. The van der Waals surface area contributed by atoms with E-state index in [-0.39, 0.29) is 18.4 Å². The quantitative estimate of drug-likeness (QED) is 0.539. The lowest BCUT2D eigenvalue weighted by Gasteiger charge is -2.08. The highest BCUT2D eigenvalue weighted by molar-refractivity contribution is 5.94. The van der Waals surface area contributed by atoms with E-state index in [4.69, 9.17) is 5.11 Å². The number of carbonyl (C=O) groups is 3. The third kappa shape index (κ3) is 6.74. The molecule has 0 aliphatic rings. The molecular weight excluding hydrogens is 286 g/mol. The number of aliphatic carboxylic acids is 1. The van der Waals surface area contributed by atoms with Crippen LogP contribution in [0, 0.1) is 0 Å². The molecule has 0 saturated heterocycles. The molecule has 0 heterocycles. The third-order valence-corrected chi connectivity index (χ3v) is 2.86. The maximum atomic E-state index is 11.6. The predicted octanol–water partition coefficient (Wildman–Crippen LogP) is 1.10. The van der Waals surface area contributed by atoms with Gasteiger partial charge in [-0.1, -0.05) is 12.1 Å². The van der Waals surface area contributed by atoms with E-state index in [1.54, 1.807) is 24.3 Å². The number of urea groups is 1. The van der Waals surface area contributed by atoms with Crippen LogP contribution in [0.3, 0.4) is 0 Å². The predicted molar refractivity (Wildman–Crippen MR) is 81.6 cm³/mol. The van der Waals surface area contributed by atoms with Crippen LogP contribution in [0.15, 0.2) is 24.3 Å². The monoisotopic (exact) mass is 307 g/mol. The van der Waals surface area contributed by atoms with Crippen molar-refractivity contribution in [2.75, 3.05) is 13.1 Å². The molecule has 4 N–H and O–H groups in total. The summed E-state index contributed by atoms with van der Waals surface area (Å²) in [7, 11) is 0. The fraction of sp³-hybridized carbons (Fsp3) is 0.400. The highest BCUT2D eigenvalue weighted by Gasteiger charge is 2.04. The van der Waals surface area contributed by atoms with Gasteiger partial charge in [-0.05, 0) is 31.0 Å². The number of hydrogen-bond donors (Lipinski definition) is 4. The van der Waals surface area contributed by atoms with Crippen LogP contribution in [0.5, 0.6) is 0 Å². The molecule has 0 atom stereocenters. The van der Waals surface area contributed by atoms with Gasteiger partial charge in [0.25, 0.3) is 5.91 Å². The zero-order chi connectivity index (χ0) is 16.4. The van der Waals surface area contributed by atoms with Crippen molar-refractivity contribution in [2.45, 2.75) is 26.3 Å². The van der Waals surface area contributed by atoms with Crippen LogP contribution in [-0.2, 0) is 11.3 Å². The zero-order valence-electron chi connectivity index (χ0n) is 12.5. The second-order valence-corrected chi connectivity index (χ2v) is 4.66. The van der Waals surface area contributed by atoms with Gasteiger partial charge in [0, 0.05) is 31.6 Å².